The van der Waals surface area contributed by atoms with Gasteiger partial charge in [-0.25, -0.2) is 0 Å². The highest BCUT2D eigenvalue weighted by Crippen LogP contribution is 2.18. The van der Waals surface area contributed by atoms with E-state index in [4.69, 9.17) is 0 Å². The molecule has 102 valence electrons. The number of carbonyl (C=O) groups is 1. The number of aromatic hydroxyl groups is 1. The van der Waals surface area contributed by atoms with Crippen LogP contribution in [0.3, 0.4) is 0 Å². The molecule has 2 rings (SSSR count). The molecule has 2 aromatic carbocycles. The van der Waals surface area contributed by atoms with E-state index in [9.17, 15) is 9.90 Å². The van der Waals surface area contributed by atoms with E-state index in [-0.39, 0.29) is 11.5 Å². The largest absolute Gasteiger partial charge is 0.508 e. The van der Waals surface area contributed by atoms with Crippen LogP contribution in [-0.4, -0.2) is 30.0 Å². The van der Waals surface area contributed by atoms with Crippen molar-refractivity contribution in [3.8, 4) is 5.75 Å². The predicted molar refractivity (Wildman–Crippen MR) is 76.2 cm³/mol. The molecule has 0 aliphatic rings. The zero-order valence-corrected chi connectivity index (χ0v) is 11.3. The highest BCUT2D eigenvalue weighted by Gasteiger charge is 2.08. The Morgan fingerprint density at radius 2 is 1.45 bits per heavy atom. The van der Waals surface area contributed by atoms with Crippen molar-refractivity contribution in [2.45, 2.75) is 0 Å². The predicted octanol–water partition coefficient (Wildman–Crippen LogP) is 3.18. The smallest absolute Gasteiger partial charge is 0.193 e. The van der Waals surface area contributed by atoms with Gasteiger partial charge in [-0.2, -0.15) is 0 Å². The average Bonchev–Trinajstić information content (AvgIpc) is 2.46. The van der Waals surface area contributed by atoms with Crippen LogP contribution in [0.25, 0.3) is 0 Å². The fourth-order valence-electron chi connectivity index (χ4n) is 1.60. The number of hydrogen-bond acceptors (Lipinski definition) is 4. The van der Waals surface area contributed by atoms with Gasteiger partial charge in [-0.3, -0.25) is 9.80 Å². The summed E-state index contributed by atoms with van der Waals surface area (Å²) in [5, 5.41) is 18.7. The lowest BCUT2D eigenvalue weighted by Gasteiger charge is -2.03. The van der Waals surface area contributed by atoms with Crippen LogP contribution in [0.4, 0.5) is 5.69 Å². The lowest BCUT2D eigenvalue weighted by molar-refractivity contribution is 0.103. The lowest BCUT2D eigenvalue weighted by Crippen LogP contribution is -2.00. The number of rotatable bonds is 4. The number of benzene rings is 2. The summed E-state index contributed by atoms with van der Waals surface area (Å²) in [5.74, 6) is 0.0436. The Bertz CT molecular complexity index is 617. The molecule has 0 radical (unpaired) electrons. The van der Waals surface area contributed by atoms with Crippen LogP contribution < -0.4 is 0 Å². The molecule has 0 amide bonds. The highest BCUT2D eigenvalue weighted by molar-refractivity contribution is 6.09. The fourth-order valence-corrected chi connectivity index (χ4v) is 1.60. The van der Waals surface area contributed by atoms with Crippen molar-refractivity contribution in [1.29, 1.82) is 0 Å². The van der Waals surface area contributed by atoms with Gasteiger partial charge in [0.05, 0.1) is 5.69 Å². The normalized spacial score (nSPS) is 10.7. The van der Waals surface area contributed by atoms with E-state index in [0.29, 0.717) is 16.8 Å². The monoisotopic (exact) mass is 269 g/mol. The average molecular weight is 269 g/mol. The molecule has 0 saturated heterocycles. The summed E-state index contributed by atoms with van der Waals surface area (Å²) in [6, 6.07) is 13.1. The standard InChI is InChI=1S/C15H15N3O2/c1-18(2)17-16-13-7-3-11(4-8-13)15(20)12-5-9-14(19)10-6-12/h3-10,19H,1-2H3. The van der Waals surface area contributed by atoms with Crippen LogP contribution in [0.15, 0.2) is 58.9 Å². The minimum absolute atomic E-state index is 0.0962. The second kappa shape index (κ2) is 5.97. The quantitative estimate of drug-likeness (QED) is 0.526. The SMILES string of the molecule is CN(C)N=Nc1ccc(C(=O)c2ccc(O)cc2)cc1. The van der Waals surface area contributed by atoms with Crippen LogP contribution in [0.1, 0.15) is 15.9 Å². The second-order valence-corrected chi connectivity index (χ2v) is 4.46. The summed E-state index contributed by atoms with van der Waals surface area (Å²) in [6.45, 7) is 0. The zero-order chi connectivity index (χ0) is 14.5. The third kappa shape index (κ3) is 3.41. The summed E-state index contributed by atoms with van der Waals surface area (Å²) in [7, 11) is 3.57. The molecule has 0 fully saturated rings. The molecular formula is C15H15N3O2. The van der Waals surface area contributed by atoms with Gasteiger partial charge in [0, 0.05) is 25.2 Å². The molecule has 0 aliphatic heterocycles. The minimum atomic E-state index is -0.0962. The molecule has 0 atom stereocenters. The van der Waals surface area contributed by atoms with Gasteiger partial charge in [0.25, 0.3) is 0 Å². The molecule has 0 bridgehead atoms. The molecule has 0 heterocycles. The van der Waals surface area contributed by atoms with Crippen molar-refractivity contribution < 1.29 is 9.90 Å². The summed E-state index contributed by atoms with van der Waals surface area (Å²) >= 11 is 0. The Morgan fingerprint density at radius 3 is 1.95 bits per heavy atom. The Balaban J connectivity index is 2.17. The van der Waals surface area contributed by atoms with Crippen molar-refractivity contribution >= 4 is 11.5 Å². The van der Waals surface area contributed by atoms with Gasteiger partial charge in [-0.1, -0.05) is 5.22 Å². The maximum atomic E-state index is 12.2. The summed E-state index contributed by atoms with van der Waals surface area (Å²) < 4.78 is 0. The van der Waals surface area contributed by atoms with Crippen LogP contribution in [0, 0.1) is 0 Å². The molecule has 0 aromatic heterocycles. The van der Waals surface area contributed by atoms with Crippen LogP contribution in [0.5, 0.6) is 5.75 Å². The molecular weight excluding hydrogens is 254 g/mol. The molecule has 2 aromatic rings. The van der Waals surface area contributed by atoms with Crippen molar-refractivity contribution in [3.05, 3.63) is 59.7 Å². The molecule has 0 spiro atoms. The van der Waals surface area contributed by atoms with Gasteiger partial charge >= 0.3 is 0 Å². The first-order chi connectivity index (χ1) is 9.56. The Morgan fingerprint density at radius 1 is 0.950 bits per heavy atom. The molecule has 0 aliphatic carbocycles. The first kappa shape index (κ1) is 13.7. The number of carbonyl (C=O) groups excluding carboxylic acids is 1. The van der Waals surface area contributed by atoms with Crippen LogP contribution >= 0.6 is 0 Å². The van der Waals surface area contributed by atoms with E-state index in [1.165, 1.54) is 12.1 Å². The first-order valence-electron chi connectivity index (χ1n) is 6.09. The molecule has 0 saturated carbocycles. The van der Waals surface area contributed by atoms with E-state index in [1.807, 2.05) is 0 Å². The Kier molecular flexibility index (Phi) is 4.10. The number of hydrogen-bond donors (Lipinski definition) is 1. The van der Waals surface area contributed by atoms with Gasteiger partial charge in [0.15, 0.2) is 5.78 Å². The molecule has 20 heavy (non-hydrogen) atoms. The lowest BCUT2D eigenvalue weighted by atomic mass is 10.0. The van der Waals surface area contributed by atoms with E-state index in [0.717, 1.165) is 0 Å². The zero-order valence-electron chi connectivity index (χ0n) is 11.3. The molecule has 5 heteroatoms. The maximum absolute atomic E-state index is 12.2. The van der Waals surface area contributed by atoms with Crippen molar-refractivity contribution in [2.24, 2.45) is 10.3 Å². The van der Waals surface area contributed by atoms with Gasteiger partial charge in [-0.15, -0.1) is 5.11 Å². The van der Waals surface area contributed by atoms with E-state index < -0.39 is 0 Å². The van der Waals surface area contributed by atoms with Crippen molar-refractivity contribution in [3.63, 3.8) is 0 Å². The van der Waals surface area contributed by atoms with Gasteiger partial charge in [-0.05, 0) is 48.5 Å². The Labute approximate surface area is 117 Å². The second-order valence-electron chi connectivity index (χ2n) is 4.46. The fraction of sp³-hybridized carbons (Fsp3) is 0.133. The molecule has 0 unspecified atom stereocenters. The highest BCUT2D eigenvalue weighted by atomic mass is 16.3. The first-order valence-corrected chi connectivity index (χ1v) is 6.09. The van der Waals surface area contributed by atoms with E-state index in [1.54, 1.807) is 55.5 Å². The molecule has 5 nitrogen and oxygen atoms in total. The van der Waals surface area contributed by atoms with Gasteiger partial charge in [0.2, 0.25) is 0 Å². The number of ketones is 1. The minimum Gasteiger partial charge on any atom is -0.508 e. The third-order valence-electron chi connectivity index (χ3n) is 2.60. The Hall–Kier alpha value is -2.69. The van der Waals surface area contributed by atoms with Gasteiger partial charge < -0.3 is 5.11 Å². The van der Waals surface area contributed by atoms with E-state index in [2.05, 4.69) is 10.3 Å². The number of phenolic OH excluding ortho intramolecular Hbond substituents is 1. The number of nitrogens with zero attached hydrogens (tertiary/aromatic N) is 3. The topological polar surface area (TPSA) is 65.3 Å². The van der Waals surface area contributed by atoms with Gasteiger partial charge in [0.1, 0.15) is 5.75 Å². The van der Waals surface area contributed by atoms with Crippen LogP contribution in [0.2, 0.25) is 0 Å². The third-order valence-corrected chi connectivity index (χ3v) is 2.60. The maximum Gasteiger partial charge on any atom is 0.193 e. The van der Waals surface area contributed by atoms with Crippen LogP contribution in [-0.2, 0) is 0 Å². The van der Waals surface area contributed by atoms with E-state index >= 15 is 0 Å². The summed E-state index contributed by atoms with van der Waals surface area (Å²) in [6.07, 6.45) is 0. The molecule has 1 N–H and O–H groups in total. The number of phenols is 1. The van der Waals surface area contributed by atoms with Crippen molar-refractivity contribution in [2.75, 3.05) is 14.1 Å². The van der Waals surface area contributed by atoms with Crippen molar-refractivity contribution in [1.82, 2.24) is 5.01 Å². The summed E-state index contributed by atoms with van der Waals surface area (Å²) in [5.41, 5.74) is 1.78. The summed E-state index contributed by atoms with van der Waals surface area (Å²) in [4.78, 5) is 12.2.